The van der Waals surface area contributed by atoms with E-state index in [1.165, 1.54) is 30.7 Å². The summed E-state index contributed by atoms with van der Waals surface area (Å²) >= 11 is 1.84. The summed E-state index contributed by atoms with van der Waals surface area (Å²) in [6, 6.07) is 5.83. The molecule has 1 amide bonds. The van der Waals surface area contributed by atoms with Gasteiger partial charge in [-0.3, -0.25) is 14.2 Å². The van der Waals surface area contributed by atoms with Gasteiger partial charge in [0.1, 0.15) is 12.4 Å². The fourth-order valence-corrected chi connectivity index (χ4v) is 1.91. The van der Waals surface area contributed by atoms with E-state index in [4.69, 9.17) is 0 Å². The zero-order chi connectivity index (χ0) is 13.8. The molecule has 1 aromatic heterocycles. The minimum atomic E-state index is -0.524. The van der Waals surface area contributed by atoms with E-state index in [0.717, 1.165) is 4.57 Å². The van der Waals surface area contributed by atoms with Crippen LogP contribution in [0.3, 0.4) is 0 Å². The van der Waals surface area contributed by atoms with Crippen molar-refractivity contribution in [1.82, 2.24) is 9.55 Å². The van der Waals surface area contributed by atoms with Crippen LogP contribution in [0.2, 0.25) is 0 Å². The zero-order valence-corrected chi connectivity index (χ0v) is 11.8. The average molecular weight is 373 g/mol. The second kappa shape index (κ2) is 5.91. The number of hydrogen-bond donors (Lipinski definition) is 1. The molecule has 1 aromatic carbocycles. The van der Waals surface area contributed by atoms with Gasteiger partial charge in [-0.2, -0.15) is 0 Å². The third-order valence-corrected chi connectivity index (χ3v) is 3.06. The van der Waals surface area contributed by atoms with Crippen molar-refractivity contribution in [3.63, 3.8) is 0 Å². The van der Waals surface area contributed by atoms with Gasteiger partial charge in [0.2, 0.25) is 5.91 Å². The van der Waals surface area contributed by atoms with Crippen LogP contribution in [-0.2, 0) is 11.3 Å². The van der Waals surface area contributed by atoms with Crippen molar-refractivity contribution in [2.45, 2.75) is 6.54 Å². The van der Waals surface area contributed by atoms with E-state index in [-0.39, 0.29) is 17.8 Å². The fourth-order valence-electron chi connectivity index (χ4n) is 1.44. The van der Waals surface area contributed by atoms with Crippen LogP contribution >= 0.6 is 22.6 Å². The van der Waals surface area contributed by atoms with Gasteiger partial charge >= 0.3 is 0 Å². The molecule has 1 heterocycles. The van der Waals surface area contributed by atoms with Crippen LogP contribution in [0.15, 0.2) is 41.6 Å². The Hall–Kier alpha value is -1.77. The van der Waals surface area contributed by atoms with E-state index in [0.29, 0.717) is 3.57 Å². The molecule has 0 aliphatic carbocycles. The molecule has 0 spiro atoms. The highest BCUT2D eigenvalue weighted by atomic mass is 127. The molecule has 1 N–H and O–H groups in total. The molecule has 19 heavy (non-hydrogen) atoms. The molecule has 0 fully saturated rings. The maximum Gasteiger partial charge on any atom is 0.267 e. The summed E-state index contributed by atoms with van der Waals surface area (Å²) < 4.78 is 14.9. The highest BCUT2D eigenvalue weighted by Gasteiger charge is 2.09. The third-order valence-electron chi connectivity index (χ3n) is 2.32. The predicted octanol–water partition coefficient (Wildman–Crippen LogP) is 1.63. The van der Waals surface area contributed by atoms with E-state index in [1.807, 2.05) is 22.6 Å². The molecule has 2 rings (SSSR count). The van der Waals surface area contributed by atoms with Crippen molar-refractivity contribution in [2.75, 3.05) is 5.32 Å². The third kappa shape index (κ3) is 3.37. The number of aromatic nitrogens is 2. The molecule has 2 aromatic rings. The lowest BCUT2D eigenvalue weighted by Gasteiger charge is -2.07. The molecule has 0 aliphatic heterocycles. The van der Waals surface area contributed by atoms with Crippen LogP contribution in [0.5, 0.6) is 0 Å². The second-order valence-corrected chi connectivity index (χ2v) is 4.86. The summed E-state index contributed by atoms with van der Waals surface area (Å²) in [5, 5.41) is 2.40. The Morgan fingerprint density at radius 2 is 2.16 bits per heavy atom. The van der Waals surface area contributed by atoms with Crippen LogP contribution in [0.1, 0.15) is 0 Å². The number of anilines is 1. The molecule has 0 unspecified atom stereocenters. The van der Waals surface area contributed by atoms with Gasteiger partial charge in [0.25, 0.3) is 5.56 Å². The van der Waals surface area contributed by atoms with E-state index < -0.39 is 11.7 Å². The van der Waals surface area contributed by atoms with Crippen LogP contribution in [0.25, 0.3) is 0 Å². The quantitative estimate of drug-likeness (QED) is 0.832. The van der Waals surface area contributed by atoms with E-state index in [9.17, 15) is 14.0 Å². The Bertz CT molecular complexity index is 672. The van der Waals surface area contributed by atoms with Crippen molar-refractivity contribution in [1.29, 1.82) is 0 Å². The molecule has 0 saturated carbocycles. The Morgan fingerprint density at radius 1 is 1.42 bits per heavy atom. The zero-order valence-electron chi connectivity index (χ0n) is 9.64. The van der Waals surface area contributed by atoms with E-state index in [2.05, 4.69) is 10.3 Å². The topological polar surface area (TPSA) is 64.0 Å². The first-order valence-electron chi connectivity index (χ1n) is 5.32. The number of carbonyl (C=O) groups excluding carboxylic acids is 1. The standard InChI is InChI=1S/C12H9FIN3O2/c13-8-3-1-2-4-10(8)16-11(18)6-17-7-15-5-9(14)12(17)19/h1-5,7H,6H2,(H,16,18). The molecule has 0 aliphatic rings. The van der Waals surface area contributed by atoms with Crippen molar-refractivity contribution in [2.24, 2.45) is 0 Å². The second-order valence-electron chi connectivity index (χ2n) is 3.70. The number of carbonyl (C=O) groups is 1. The van der Waals surface area contributed by atoms with Crippen LogP contribution in [-0.4, -0.2) is 15.5 Å². The maximum absolute atomic E-state index is 13.3. The van der Waals surface area contributed by atoms with Crippen LogP contribution < -0.4 is 10.9 Å². The summed E-state index contributed by atoms with van der Waals surface area (Å²) in [5.41, 5.74) is -0.224. The van der Waals surface area contributed by atoms with Crippen LogP contribution in [0, 0.1) is 9.39 Å². The molecule has 0 radical (unpaired) electrons. The first-order valence-corrected chi connectivity index (χ1v) is 6.40. The van der Waals surface area contributed by atoms with Crippen molar-refractivity contribution < 1.29 is 9.18 Å². The molecule has 0 atom stereocenters. The Balaban J connectivity index is 2.12. The minimum Gasteiger partial charge on any atom is -0.322 e. The molecule has 5 nitrogen and oxygen atoms in total. The minimum absolute atomic E-state index is 0.0825. The lowest BCUT2D eigenvalue weighted by Crippen LogP contribution is -2.29. The van der Waals surface area contributed by atoms with Gasteiger partial charge in [-0.15, -0.1) is 0 Å². The van der Waals surface area contributed by atoms with Gasteiger partial charge < -0.3 is 5.32 Å². The monoisotopic (exact) mass is 373 g/mol. The van der Waals surface area contributed by atoms with Crippen molar-refractivity contribution >= 4 is 34.2 Å². The number of hydrogen-bond acceptors (Lipinski definition) is 3. The number of benzene rings is 1. The lowest BCUT2D eigenvalue weighted by molar-refractivity contribution is -0.116. The van der Waals surface area contributed by atoms with Gasteiger partial charge in [0.05, 0.1) is 15.6 Å². The summed E-state index contributed by atoms with van der Waals surface area (Å²) in [6.07, 6.45) is 2.68. The van der Waals surface area contributed by atoms with Gasteiger partial charge in [0.15, 0.2) is 0 Å². The maximum atomic E-state index is 13.3. The summed E-state index contributed by atoms with van der Waals surface area (Å²) in [6.45, 7) is -0.211. The number of rotatable bonds is 3. The van der Waals surface area contributed by atoms with Gasteiger partial charge in [-0.25, -0.2) is 9.37 Å². The molecule has 0 bridgehead atoms. The van der Waals surface area contributed by atoms with Gasteiger partial charge in [0, 0.05) is 6.20 Å². The lowest BCUT2D eigenvalue weighted by atomic mass is 10.3. The average Bonchev–Trinajstić information content (AvgIpc) is 2.38. The first-order chi connectivity index (χ1) is 9.08. The van der Waals surface area contributed by atoms with Crippen molar-refractivity contribution in [3.05, 3.63) is 56.5 Å². The number of nitrogens with zero attached hydrogens (tertiary/aromatic N) is 2. The number of nitrogens with one attached hydrogen (secondary N) is 1. The SMILES string of the molecule is O=C(Cn1cncc(I)c1=O)Nc1ccccc1F. The molecule has 0 saturated heterocycles. The normalized spacial score (nSPS) is 10.2. The smallest absolute Gasteiger partial charge is 0.267 e. The Labute approximate surface area is 121 Å². The molecular formula is C12H9FIN3O2. The summed E-state index contributed by atoms with van der Waals surface area (Å²) in [4.78, 5) is 27.2. The Morgan fingerprint density at radius 3 is 2.89 bits per heavy atom. The van der Waals surface area contributed by atoms with E-state index >= 15 is 0 Å². The largest absolute Gasteiger partial charge is 0.322 e. The van der Waals surface area contributed by atoms with Crippen LogP contribution in [0.4, 0.5) is 10.1 Å². The molecule has 98 valence electrons. The van der Waals surface area contributed by atoms with Gasteiger partial charge in [-0.1, -0.05) is 12.1 Å². The summed E-state index contributed by atoms with van der Waals surface area (Å²) in [5.74, 6) is -1.01. The highest BCUT2D eigenvalue weighted by molar-refractivity contribution is 14.1. The highest BCUT2D eigenvalue weighted by Crippen LogP contribution is 2.12. The number of para-hydroxylation sites is 1. The van der Waals surface area contributed by atoms with E-state index in [1.54, 1.807) is 6.07 Å². The fraction of sp³-hybridized carbons (Fsp3) is 0.0833. The van der Waals surface area contributed by atoms with Crippen molar-refractivity contribution in [3.8, 4) is 0 Å². The summed E-state index contributed by atoms with van der Waals surface area (Å²) in [7, 11) is 0. The van der Waals surface area contributed by atoms with Gasteiger partial charge in [-0.05, 0) is 34.7 Å². The predicted molar refractivity (Wildman–Crippen MR) is 76.2 cm³/mol. The molecular weight excluding hydrogens is 364 g/mol. The Kier molecular flexibility index (Phi) is 4.25. The number of halogens is 2. The first kappa shape index (κ1) is 13.7. The number of amides is 1. The molecule has 7 heteroatoms.